The van der Waals surface area contributed by atoms with Gasteiger partial charge in [-0.3, -0.25) is 0 Å². The first-order chi connectivity index (χ1) is 12.1. The second-order valence-electron chi connectivity index (χ2n) is 6.39. The molecule has 0 N–H and O–H groups in total. The molecule has 3 rings (SSSR count). The average molecular weight is 331 g/mol. The molecule has 0 aliphatic carbocycles. The molecule has 0 bridgehead atoms. The summed E-state index contributed by atoms with van der Waals surface area (Å²) >= 11 is 0. The van der Waals surface area contributed by atoms with E-state index in [-0.39, 0.29) is 5.82 Å². The highest BCUT2D eigenvalue weighted by Gasteiger charge is 2.15. The molecule has 0 saturated carbocycles. The van der Waals surface area contributed by atoms with Crippen LogP contribution in [0.1, 0.15) is 37.8 Å². The van der Waals surface area contributed by atoms with Crippen molar-refractivity contribution < 1.29 is 4.39 Å². The number of hydrogen-bond acceptors (Lipinski definition) is 1. The Balaban J connectivity index is 2.29. The maximum absolute atomic E-state index is 13.4. The topological polar surface area (TPSA) is 12.9 Å². The Kier molecular flexibility index (Phi) is 5.08. The number of allylic oxidation sites excluding steroid dienone is 1. The summed E-state index contributed by atoms with van der Waals surface area (Å²) in [5.41, 5.74) is 6.18. The normalized spacial score (nSPS) is 11.4. The highest BCUT2D eigenvalue weighted by molar-refractivity contribution is 5.78. The van der Waals surface area contributed by atoms with Gasteiger partial charge in [0.25, 0.3) is 0 Å². The van der Waals surface area contributed by atoms with Crippen LogP contribution in [0.3, 0.4) is 0 Å². The van der Waals surface area contributed by atoms with Crippen LogP contribution in [0.4, 0.5) is 4.39 Å². The second kappa shape index (κ2) is 7.43. The van der Waals surface area contributed by atoms with E-state index in [0.717, 1.165) is 28.1 Å². The van der Waals surface area contributed by atoms with E-state index in [1.54, 1.807) is 12.1 Å². The molecule has 0 fully saturated rings. The van der Waals surface area contributed by atoms with E-state index in [4.69, 9.17) is 4.98 Å². The molecule has 3 aromatic rings. The highest BCUT2D eigenvalue weighted by atomic mass is 19.1. The number of rotatable bonds is 4. The fourth-order valence-electron chi connectivity index (χ4n) is 2.98. The van der Waals surface area contributed by atoms with Gasteiger partial charge in [-0.25, -0.2) is 9.37 Å². The summed E-state index contributed by atoms with van der Waals surface area (Å²) in [6, 6.07) is 18.9. The molecule has 0 aliphatic rings. The Morgan fingerprint density at radius 2 is 1.60 bits per heavy atom. The molecule has 0 atom stereocenters. The summed E-state index contributed by atoms with van der Waals surface area (Å²) in [5, 5.41) is 0. The molecule has 1 heterocycles. The Bertz CT molecular complexity index is 878. The van der Waals surface area contributed by atoms with Crippen molar-refractivity contribution in [3.05, 3.63) is 83.7 Å². The number of hydrogen-bond donors (Lipinski definition) is 0. The molecule has 1 nitrogen and oxygen atoms in total. The zero-order valence-electron chi connectivity index (χ0n) is 14.8. The summed E-state index contributed by atoms with van der Waals surface area (Å²) in [4.78, 5) is 4.93. The molecule has 0 unspecified atom stereocenters. The Hall–Kier alpha value is -2.74. The maximum atomic E-state index is 13.4. The molecule has 25 heavy (non-hydrogen) atoms. The van der Waals surface area contributed by atoms with Crippen molar-refractivity contribution in [1.82, 2.24) is 4.98 Å². The Morgan fingerprint density at radius 3 is 2.20 bits per heavy atom. The SMILES string of the molecule is C/C=C/c1c(C(C)C)cc(-c2ccccc2)nc1-c1ccc(F)cc1. The monoisotopic (exact) mass is 331 g/mol. The standard InChI is InChI=1S/C23H22FN/c1-4-8-20-21(16(2)3)15-22(17-9-6-5-7-10-17)25-23(20)18-11-13-19(24)14-12-18/h4-16H,1-3H3/b8-4+. The molecular weight excluding hydrogens is 309 g/mol. The first-order valence-electron chi connectivity index (χ1n) is 8.59. The summed E-state index contributed by atoms with van der Waals surface area (Å²) < 4.78 is 13.4. The fraction of sp³-hybridized carbons (Fsp3) is 0.174. The van der Waals surface area contributed by atoms with Crippen LogP contribution in [0.15, 0.2) is 66.7 Å². The molecule has 2 aromatic carbocycles. The van der Waals surface area contributed by atoms with Gasteiger partial charge in [-0.05, 0) is 48.7 Å². The zero-order valence-corrected chi connectivity index (χ0v) is 14.8. The van der Waals surface area contributed by atoms with Gasteiger partial charge in [0.15, 0.2) is 0 Å². The van der Waals surface area contributed by atoms with E-state index >= 15 is 0 Å². The molecule has 0 radical (unpaired) electrons. The van der Waals surface area contributed by atoms with Gasteiger partial charge in [-0.15, -0.1) is 0 Å². The quantitative estimate of drug-likeness (QED) is 0.517. The zero-order chi connectivity index (χ0) is 17.8. The lowest BCUT2D eigenvalue weighted by molar-refractivity contribution is 0.628. The first-order valence-corrected chi connectivity index (χ1v) is 8.59. The third-order valence-corrected chi connectivity index (χ3v) is 4.23. The van der Waals surface area contributed by atoms with E-state index < -0.39 is 0 Å². The predicted molar refractivity (Wildman–Crippen MR) is 104 cm³/mol. The molecular formula is C23H22FN. The molecule has 0 spiro atoms. The minimum Gasteiger partial charge on any atom is -0.247 e. The van der Waals surface area contributed by atoms with Gasteiger partial charge in [0.1, 0.15) is 5.82 Å². The van der Waals surface area contributed by atoms with Crippen LogP contribution < -0.4 is 0 Å². The number of halogens is 1. The summed E-state index contributed by atoms with van der Waals surface area (Å²) in [6.07, 6.45) is 4.12. The van der Waals surface area contributed by atoms with Gasteiger partial charge in [0.05, 0.1) is 11.4 Å². The second-order valence-corrected chi connectivity index (χ2v) is 6.39. The van der Waals surface area contributed by atoms with Gasteiger partial charge < -0.3 is 0 Å². The van der Waals surface area contributed by atoms with Crippen molar-refractivity contribution in [2.24, 2.45) is 0 Å². The van der Waals surface area contributed by atoms with Crippen molar-refractivity contribution in [3.8, 4) is 22.5 Å². The van der Waals surface area contributed by atoms with Crippen LogP contribution in [0.25, 0.3) is 28.6 Å². The van der Waals surface area contributed by atoms with Crippen LogP contribution >= 0.6 is 0 Å². The van der Waals surface area contributed by atoms with Crippen LogP contribution in [0.2, 0.25) is 0 Å². The summed E-state index contributed by atoms with van der Waals surface area (Å²) in [5.74, 6) is 0.121. The van der Waals surface area contributed by atoms with Gasteiger partial charge >= 0.3 is 0 Å². The Morgan fingerprint density at radius 1 is 0.920 bits per heavy atom. The largest absolute Gasteiger partial charge is 0.247 e. The van der Waals surface area contributed by atoms with Gasteiger partial charge in [-0.1, -0.05) is 56.3 Å². The van der Waals surface area contributed by atoms with E-state index in [2.05, 4.69) is 38.1 Å². The van der Waals surface area contributed by atoms with Crippen molar-refractivity contribution in [2.45, 2.75) is 26.7 Å². The molecule has 0 saturated heterocycles. The van der Waals surface area contributed by atoms with Crippen LogP contribution in [-0.4, -0.2) is 4.98 Å². The van der Waals surface area contributed by atoms with Gasteiger partial charge in [0, 0.05) is 16.7 Å². The highest BCUT2D eigenvalue weighted by Crippen LogP contribution is 2.33. The third-order valence-electron chi connectivity index (χ3n) is 4.23. The van der Waals surface area contributed by atoms with Crippen LogP contribution in [0, 0.1) is 5.82 Å². The first kappa shape index (κ1) is 17.1. The summed E-state index contributed by atoms with van der Waals surface area (Å²) in [7, 11) is 0. The lowest BCUT2D eigenvalue weighted by atomic mass is 9.91. The van der Waals surface area contributed by atoms with E-state index in [1.807, 2.05) is 31.2 Å². The molecule has 1 aromatic heterocycles. The van der Waals surface area contributed by atoms with Crippen molar-refractivity contribution in [3.63, 3.8) is 0 Å². The third kappa shape index (κ3) is 3.69. The van der Waals surface area contributed by atoms with Crippen molar-refractivity contribution in [2.75, 3.05) is 0 Å². The lowest BCUT2D eigenvalue weighted by Crippen LogP contribution is -2.00. The van der Waals surface area contributed by atoms with E-state index in [0.29, 0.717) is 5.92 Å². The number of nitrogens with zero attached hydrogens (tertiary/aromatic N) is 1. The predicted octanol–water partition coefficient (Wildman–Crippen LogP) is 6.71. The minimum absolute atomic E-state index is 0.236. The molecule has 0 aliphatic heterocycles. The minimum atomic E-state index is -0.236. The smallest absolute Gasteiger partial charge is 0.123 e. The van der Waals surface area contributed by atoms with E-state index in [1.165, 1.54) is 17.7 Å². The number of benzene rings is 2. The fourth-order valence-corrected chi connectivity index (χ4v) is 2.98. The van der Waals surface area contributed by atoms with Gasteiger partial charge in [0.2, 0.25) is 0 Å². The lowest BCUT2D eigenvalue weighted by Gasteiger charge is -2.17. The number of aromatic nitrogens is 1. The molecule has 126 valence electrons. The molecule has 2 heteroatoms. The maximum Gasteiger partial charge on any atom is 0.123 e. The Labute approximate surface area is 148 Å². The van der Waals surface area contributed by atoms with E-state index in [9.17, 15) is 4.39 Å². The summed E-state index contributed by atoms with van der Waals surface area (Å²) in [6.45, 7) is 6.38. The van der Waals surface area contributed by atoms with Crippen molar-refractivity contribution in [1.29, 1.82) is 0 Å². The van der Waals surface area contributed by atoms with Crippen LogP contribution in [0.5, 0.6) is 0 Å². The average Bonchev–Trinajstić information content (AvgIpc) is 2.63. The van der Waals surface area contributed by atoms with Crippen LogP contribution in [-0.2, 0) is 0 Å². The van der Waals surface area contributed by atoms with Crippen molar-refractivity contribution >= 4 is 6.08 Å². The number of pyridine rings is 1. The molecule has 0 amide bonds. The van der Waals surface area contributed by atoms with Gasteiger partial charge in [-0.2, -0.15) is 0 Å².